The highest BCUT2D eigenvalue weighted by atomic mass is 16.5. The van der Waals surface area contributed by atoms with Crippen LogP contribution in [0.3, 0.4) is 0 Å². The Bertz CT molecular complexity index is 594. The summed E-state index contributed by atoms with van der Waals surface area (Å²) >= 11 is 0. The molecule has 1 amide bonds. The number of carbonyl (C=O) groups excluding carboxylic acids is 2. The number of benzene rings is 1. The van der Waals surface area contributed by atoms with Crippen molar-refractivity contribution in [2.24, 2.45) is 0 Å². The van der Waals surface area contributed by atoms with Crippen LogP contribution in [-0.4, -0.2) is 48.9 Å². The summed E-state index contributed by atoms with van der Waals surface area (Å²) in [4.78, 5) is 28.3. The Kier molecular flexibility index (Phi) is 6.23. The summed E-state index contributed by atoms with van der Waals surface area (Å²) in [5.41, 5.74) is 1.48. The van der Waals surface area contributed by atoms with E-state index in [0.717, 1.165) is 37.4 Å². The normalized spacial score (nSPS) is 16.3. The molecule has 24 heavy (non-hydrogen) atoms. The number of carbonyl (C=O) groups is 2. The SMILES string of the molecule is CCCN(CCC)C(=O)CN1CC(C)Oc2ccc(C(C)=O)cc21. The fourth-order valence-corrected chi connectivity index (χ4v) is 3.06. The first-order valence-electron chi connectivity index (χ1n) is 8.80. The van der Waals surface area contributed by atoms with Crippen LogP contribution in [0.5, 0.6) is 5.75 Å². The number of Topliss-reactive ketones (excluding diaryl/α,β-unsaturated/α-hetero) is 1. The topological polar surface area (TPSA) is 49.9 Å². The minimum atomic E-state index is 0.0132. The largest absolute Gasteiger partial charge is 0.487 e. The van der Waals surface area contributed by atoms with E-state index < -0.39 is 0 Å². The highest BCUT2D eigenvalue weighted by Crippen LogP contribution is 2.34. The Hall–Kier alpha value is -2.04. The number of amides is 1. The van der Waals surface area contributed by atoms with E-state index in [9.17, 15) is 9.59 Å². The number of ether oxygens (including phenoxy) is 1. The number of ketones is 1. The van der Waals surface area contributed by atoms with Gasteiger partial charge >= 0.3 is 0 Å². The van der Waals surface area contributed by atoms with E-state index in [1.54, 1.807) is 13.0 Å². The van der Waals surface area contributed by atoms with Gasteiger partial charge in [0.25, 0.3) is 0 Å². The molecule has 0 saturated heterocycles. The lowest BCUT2D eigenvalue weighted by molar-refractivity contribution is -0.129. The zero-order valence-corrected chi connectivity index (χ0v) is 15.2. The number of fused-ring (bicyclic) bond motifs is 1. The zero-order valence-electron chi connectivity index (χ0n) is 15.2. The number of anilines is 1. The van der Waals surface area contributed by atoms with Crippen LogP contribution in [0.2, 0.25) is 0 Å². The van der Waals surface area contributed by atoms with E-state index in [1.165, 1.54) is 0 Å². The van der Waals surface area contributed by atoms with Gasteiger partial charge in [0.15, 0.2) is 5.78 Å². The second kappa shape index (κ2) is 8.18. The first-order chi connectivity index (χ1) is 11.5. The predicted octanol–water partition coefficient (Wildman–Crippen LogP) is 3.13. The lowest BCUT2D eigenvalue weighted by Gasteiger charge is -2.36. The Labute approximate surface area is 144 Å². The van der Waals surface area contributed by atoms with Crippen LogP contribution in [0.15, 0.2) is 18.2 Å². The molecule has 1 aliphatic heterocycles. The summed E-state index contributed by atoms with van der Waals surface area (Å²) in [5.74, 6) is 0.886. The molecule has 0 saturated carbocycles. The van der Waals surface area contributed by atoms with E-state index in [-0.39, 0.29) is 17.8 Å². The molecule has 0 bridgehead atoms. The molecule has 0 N–H and O–H groups in total. The second-order valence-corrected chi connectivity index (χ2v) is 6.43. The van der Waals surface area contributed by atoms with Crippen molar-refractivity contribution in [3.05, 3.63) is 23.8 Å². The van der Waals surface area contributed by atoms with Crippen molar-refractivity contribution in [3.8, 4) is 5.75 Å². The number of hydrogen-bond donors (Lipinski definition) is 0. The molecular formula is C19H28N2O3. The van der Waals surface area contributed by atoms with E-state index in [0.29, 0.717) is 18.7 Å². The Balaban J connectivity index is 2.23. The molecule has 0 fully saturated rings. The first-order valence-corrected chi connectivity index (χ1v) is 8.80. The van der Waals surface area contributed by atoms with Crippen LogP contribution in [0.25, 0.3) is 0 Å². The van der Waals surface area contributed by atoms with Crippen molar-refractivity contribution >= 4 is 17.4 Å². The number of hydrogen-bond acceptors (Lipinski definition) is 4. The molecule has 2 rings (SSSR count). The molecule has 0 aliphatic carbocycles. The molecule has 0 aromatic heterocycles. The lowest BCUT2D eigenvalue weighted by atomic mass is 10.1. The molecule has 0 radical (unpaired) electrons. The maximum atomic E-state index is 12.7. The third kappa shape index (κ3) is 4.28. The molecule has 0 spiro atoms. The van der Waals surface area contributed by atoms with Crippen LogP contribution in [0, 0.1) is 0 Å². The van der Waals surface area contributed by atoms with Crippen molar-refractivity contribution in [2.45, 2.75) is 46.6 Å². The first kappa shape index (κ1) is 18.3. The van der Waals surface area contributed by atoms with Gasteiger partial charge in [-0.25, -0.2) is 0 Å². The summed E-state index contributed by atoms with van der Waals surface area (Å²) in [6.45, 7) is 10.2. The van der Waals surface area contributed by atoms with Crippen molar-refractivity contribution in [2.75, 3.05) is 31.1 Å². The molecule has 1 aromatic rings. The smallest absolute Gasteiger partial charge is 0.242 e. The van der Waals surface area contributed by atoms with E-state index in [1.807, 2.05) is 28.9 Å². The highest BCUT2D eigenvalue weighted by molar-refractivity contribution is 5.96. The average Bonchev–Trinajstić information content (AvgIpc) is 2.54. The predicted molar refractivity (Wildman–Crippen MR) is 95.9 cm³/mol. The standard InChI is InChI=1S/C19H28N2O3/c1-5-9-20(10-6-2)19(23)13-21-12-14(3)24-18-8-7-16(15(4)22)11-17(18)21/h7-8,11,14H,5-6,9-10,12-13H2,1-4H3. The van der Waals surface area contributed by atoms with Gasteiger partial charge in [-0.2, -0.15) is 0 Å². The minimum Gasteiger partial charge on any atom is -0.487 e. The van der Waals surface area contributed by atoms with Crippen LogP contribution in [-0.2, 0) is 4.79 Å². The molecule has 132 valence electrons. The zero-order chi connectivity index (χ0) is 17.7. The van der Waals surface area contributed by atoms with Gasteiger partial charge in [-0.3, -0.25) is 9.59 Å². The molecule has 5 nitrogen and oxygen atoms in total. The van der Waals surface area contributed by atoms with Gasteiger partial charge in [0.2, 0.25) is 5.91 Å². The van der Waals surface area contributed by atoms with Gasteiger partial charge in [0, 0.05) is 18.7 Å². The monoisotopic (exact) mass is 332 g/mol. The molecule has 1 unspecified atom stereocenters. The van der Waals surface area contributed by atoms with Crippen LogP contribution >= 0.6 is 0 Å². The third-order valence-electron chi connectivity index (χ3n) is 4.18. The van der Waals surface area contributed by atoms with Gasteiger partial charge < -0.3 is 14.5 Å². The van der Waals surface area contributed by atoms with Crippen LogP contribution < -0.4 is 9.64 Å². The average molecular weight is 332 g/mol. The quantitative estimate of drug-likeness (QED) is 0.720. The van der Waals surface area contributed by atoms with Gasteiger partial charge in [0.05, 0.1) is 18.8 Å². The Morgan fingerprint density at radius 1 is 1.25 bits per heavy atom. The fourth-order valence-electron chi connectivity index (χ4n) is 3.06. The van der Waals surface area contributed by atoms with Gasteiger partial charge in [-0.05, 0) is 44.9 Å². The maximum absolute atomic E-state index is 12.7. The summed E-state index contributed by atoms with van der Waals surface area (Å²) in [7, 11) is 0. The van der Waals surface area contributed by atoms with Crippen LogP contribution in [0.1, 0.15) is 50.9 Å². The van der Waals surface area contributed by atoms with E-state index >= 15 is 0 Å². The van der Waals surface area contributed by atoms with Gasteiger partial charge in [0.1, 0.15) is 11.9 Å². The summed E-state index contributed by atoms with van der Waals surface area (Å²) in [5, 5.41) is 0. The molecule has 5 heteroatoms. The molecule has 1 heterocycles. The van der Waals surface area contributed by atoms with E-state index in [2.05, 4.69) is 13.8 Å². The number of nitrogens with zero attached hydrogens (tertiary/aromatic N) is 2. The lowest BCUT2D eigenvalue weighted by Crippen LogP contribution is -2.46. The van der Waals surface area contributed by atoms with Crippen LogP contribution in [0.4, 0.5) is 5.69 Å². The number of rotatable bonds is 7. The summed E-state index contributed by atoms with van der Waals surface area (Å²) < 4.78 is 5.86. The highest BCUT2D eigenvalue weighted by Gasteiger charge is 2.26. The third-order valence-corrected chi connectivity index (χ3v) is 4.18. The van der Waals surface area contributed by atoms with Gasteiger partial charge in [-0.15, -0.1) is 0 Å². The second-order valence-electron chi connectivity index (χ2n) is 6.43. The van der Waals surface area contributed by atoms with Crippen molar-refractivity contribution in [3.63, 3.8) is 0 Å². The van der Waals surface area contributed by atoms with E-state index in [4.69, 9.17) is 4.74 Å². The Morgan fingerprint density at radius 2 is 1.92 bits per heavy atom. The van der Waals surface area contributed by atoms with Gasteiger partial charge in [-0.1, -0.05) is 13.8 Å². The Morgan fingerprint density at radius 3 is 2.50 bits per heavy atom. The molecule has 1 aromatic carbocycles. The fraction of sp³-hybridized carbons (Fsp3) is 0.579. The molecular weight excluding hydrogens is 304 g/mol. The molecule has 1 aliphatic rings. The van der Waals surface area contributed by atoms with Crippen molar-refractivity contribution in [1.29, 1.82) is 0 Å². The minimum absolute atomic E-state index is 0.0132. The summed E-state index contributed by atoms with van der Waals surface area (Å²) in [6, 6.07) is 5.44. The van der Waals surface area contributed by atoms with Crippen molar-refractivity contribution < 1.29 is 14.3 Å². The van der Waals surface area contributed by atoms with Crippen molar-refractivity contribution in [1.82, 2.24) is 4.90 Å². The maximum Gasteiger partial charge on any atom is 0.242 e. The summed E-state index contributed by atoms with van der Waals surface area (Å²) in [6.07, 6.45) is 1.92. The molecule has 1 atom stereocenters.